The van der Waals surface area contributed by atoms with Crippen molar-refractivity contribution in [2.45, 2.75) is 394 Å². The zero-order valence-electron chi connectivity index (χ0n) is 60.7. The summed E-state index contributed by atoms with van der Waals surface area (Å²) in [5.74, 6) is 0.188. The fourth-order valence-corrected chi connectivity index (χ4v) is 12.8. The van der Waals surface area contributed by atoms with E-state index < -0.39 is 97.5 Å². The minimum Gasteiger partial charge on any atom is -0.462 e. The lowest BCUT2D eigenvalue weighted by molar-refractivity contribution is -0.161. The van der Waals surface area contributed by atoms with Gasteiger partial charge in [0.25, 0.3) is 0 Å². The van der Waals surface area contributed by atoms with Crippen LogP contribution in [0.15, 0.2) is 0 Å². The smallest absolute Gasteiger partial charge is 0.462 e. The number of ether oxygens (including phenoxy) is 4. The molecule has 0 amide bonds. The molecule has 0 saturated heterocycles. The molecule has 0 fully saturated rings. The van der Waals surface area contributed by atoms with Gasteiger partial charge in [-0.05, 0) is 43.4 Å². The molecule has 0 spiro atoms. The number of hydrogen-bond donors (Lipinski definition) is 3. The number of phosphoric acid groups is 2. The van der Waals surface area contributed by atoms with Crippen LogP contribution in [0.2, 0.25) is 0 Å². The summed E-state index contributed by atoms with van der Waals surface area (Å²) in [5, 5.41) is 10.6. The van der Waals surface area contributed by atoms with Crippen LogP contribution >= 0.6 is 15.6 Å². The van der Waals surface area contributed by atoms with Crippen LogP contribution in [0.5, 0.6) is 0 Å². The maximum absolute atomic E-state index is 13.1. The van der Waals surface area contributed by atoms with Crippen molar-refractivity contribution >= 4 is 39.5 Å². The van der Waals surface area contributed by atoms with Gasteiger partial charge >= 0.3 is 39.5 Å². The largest absolute Gasteiger partial charge is 0.472 e. The highest BCUT2D eigenvalue weighted by molar-refractivity contribution is 7.47. The van der Waals surface area contributed by atoms with Gasteiger partial charge in [-0.25, -0.2) is 9.13 Å². The topological polar surface area (TPSA) is 237 Å². The Kier molecular flexibility index (Phi) is 63.4. The summed E-state index contributed by atoms with van der Waals surface area (Å²) in [6.45, 7) is 11.9. The van der Waals surface area contributed by atoms with E-state index in [-0.39, 0.29) is 25.7 Å². The maximum Gasteiger partial charge on any atom is 0.472 e. The Morgan fingerprint density at radius 1 is 0.290 bits per heavy atom. The van der Waals surface area contributed by atoms with Crippen LogP contribution in [0, 0.1) is 17.8 Å². The SMILES string of the molecule is CCCCCCCCCCC(=O)OC[C@H](COP(=O)(O)OC[C@H](O)COP(=O)(O)OC[C@@H](COC(=O)CCCCCCCCCCCCCCCC(C)C)OC(=O)CCCCCCCCCCCCCCCCCC(C)C)OC(=O)CCCCCCCCCCC(C)C. The molecule has 0 aromatic carbocycles. The van der Waals surface area contributed by atoms with Gasteiger partial charge in [-0.1, -0.05) is 325 Å². The van der Waals surface area contributed by atoms with Crippen LogP contribution in [-0.2, 0) is 65.4 Å². The zero-order valence-corrected chi connectivity index (χ0v) is 62.5. The summed E-state index contributed by atoms with van der Waals surface area (Å²) in [4.78, 5) is 72.6. The average Bonchev–Trinajstić information content (AvgIpc) is 3.49. The molecule has 0 heterocycles. The molecule has 17 nitrogen and oxygen atoms in total. The van der Waals surface area contributed by atoms with E-state index in [9.17, 15) is 43.2 Å². The standard InChI is InChI=1S/C74H144O17P2/c1-8-9-10-11-12-34-41-48-55-71(76)84-61-69(91-74(79)58-51-44-37-30-29-33-40-47-54-67(6)7)63-88-92(80,81)86-59-68(75)60-87-93(82,83)89-64-70(62-85-72(77)56-49-42-35-27-23-20-16-18-22-26-32-39-46-53-66(4)5)90-73(78)57-50-43-36-28-24-19-15-13-14-17-21-25-31-38-45-52-65(2)3/h65-70,75H,8-64H2,1-7H3,(H,80,81)(H,82,83)/t68-,69+,70+/m0/s1. The third-order valence-electron chi connectivity index (χ3n) is 17.1. The number of rotatable bonds is 72. The Bertz CT molecular complexity index is 1820. The normalized spacial score (nSPS) is 14.1. The highest BCUT2D eigenvalue weighted by Crippen LogP contribution is 2.45. The van der Waals surface area contributed by atoms with Crippen molar-refractivity contribution in [1.29, 1.82) is 0 Å². The van der Waals surface area contributed by atoms with E-state index in [0.717, 1.165) is 114 Å². The van der Waals surface area contributed by atoms with E-state index in [2.05, 4.69) is 48.5 Å². The Balaban J connectivity index is 5.21. The summed E-state index contributed by atoms with van der Waals surface area (Å²) >= 11 is 0. The van der Waals surface area contributed by atoms with Crippen molar-refractivity contribution in [3.8, 4) is 0 Å². The first-order chi connectivity index (χ1) is 44.7. The molecule has 0 rings (SSSR count). The molecule has 5 atom stereocenters. The Hall–Kier alpha value is -1.94. The molecule has 0 aliphatic rings. The molecule has 3 N–H and O–H groups in total. The molecule has 0 aromatic heterocycles. The molecule has 93 heavy (non-hydrogen) atoms. The minimum atomic E-state index is -4.96. The number of aliphatic hydroxyl groups excluding tert-OH is 1. The molecular formula is C74H144O17P2. The number of carbonyl (C=O) groups excluding carboxylic acids is 4. The fraction of sp³-hybridized carbons (Fsp3) is 0.946. The lowest BCUT2D eigenvalue weighted by atomic mass is 10.0. The van der Waals surface area contributed by atoms with E-state index in [0.29, 0.717) is 25.7 Å². The third-order valence-corrected chi connectivity index (χ3v) is 19.0. The van der Waals surface area contributed by atoms with Gasteiger partial charge in [-0.2, -0.15) is 0 Å². The van der Waals surface area contributed by atoms with E-state index in [4.69, 9.17) is 37.0 Å². The first-order valence-electron chi connectivity index (χ1n) is 38.3. The molecule has 0 radical (unpaired) electrons. The van der Waals surface area contributed by atoms with Crippen LogP contribution in [0.4, 0.5) is 0 Å². The van der Waals surface area contributed by atoms with Gasteiger partial charge in [0.1, 0.15) is 19.3 Å². The first-order valence-corrected chi connectivity index (χ1v) is 41.3. The average molecular weight is 1370 g/mol. The van der Waals surface area contributed by atoms with Crippen molar-refractivity contribution < 1.29 is 80.2 Å². The van der Waals surface area contributed by atoms with Gasteiger partial charge in [0.05, 0.1) is 26.4 Å². The van der Waals surface area contributed by atoms with E-state index in [1.807, 2.05) is 0 Å². The second kappa shape index (κ2) is 64.7. The molecule has 0 bridgehead atoms. The molecule has 19 heteroatoms. The van der Waals surface area contributed by atoms with Gasteiger partial charge in [-0.15, -0.1) is 0 Å². The lowest BCUT2D eigenvalue weighted by Gasteiger charge is -2.21. The van der Waals surface area contributed by atoms with E-state index in [1.54, 1.807) is 0 Å². The first kappa shape index (κ1) is 91.1. The Morgan fingerprint density at radius 3 is 0.731 bits per heavy atom. The summed E-state index contributed by atoms with van der Waals surface area (Å²) in [6.07, 6.45) is 50.1. The predicted molar refractivity (Wildman–Crippen MR) is 377 cm³/mol. The second-order valence-corrected chi connectivity index (χ2v) is 31.0. The van der Waals surface area contributed by atoms with Crippen molar-refractivity contribution in [3.63, 3.8) is 0 Å². The van der Waals surface area contributed by atoms with Crippen molar-refractivity contribution in [2.75, 3.05) is 39.6 Å². The summed E-state index contributed by atoms with van der Waals surface area (Å²) < 4.78 is 68.4. The molecule has 552 valence electrons. The van der Waals surface area contributed by atoms with Gasteiger partial charge in [0.2, 0.25) is 0 Å². The number of carbonyl (C=O) groups is 4. The quantitative estimate of drug-likeness (QED) is 0.0222. The number of esters is 4. The van der Waals surface area contributed by atoms with E-state index in [1.165, 1.54) is 180 Å². The van der Waals surface area contributed by atoms with Crippen LogP contribution < -0.4 is 0 Å². The van der Waals surface area contributed by atoms with Gasteiger partial charge < -0.3 is 33.8 Å². The Morgan fingerprint density at radius 2 is 0.495 bits per heavy atom. The van der Waals surface area contributed by atoms with Gasteiger partial charge in [-0.3, -0.25) is 37.3 Å². The lowest BCUT2D eigenvalue weighted by Crippen LogP contribution is -2.30. The molecule has 0 aromatic rings. The third kappa shape index (κ3) is 68.4. The number of hydrogen-bond acceptors (Lipinski definition) is 15. The van der Waals surface area contributed by atoms with Crippen molar-refractivity contribution in [3.05, 3.63) is 0 Å². The molecular weight excluding hydrogens is 1220 g/mol. The molecule has 0 aliphatic heterocycles. The highest BCUT2D eigenvalue weighted by atomic mass is 31.2. The number of aliphatic hydroxyl groups is 1. The van der Waals surface area contributed by atoms with Crippen molar-refractivity contribution in [2.24, 2.45) is 17.8 Å². The fourth-order valence-electron chi connectivity index (χ4n) is 11.2. The molecule has 0 saturated carbocycles. The van der Waals surface area contributed by atoms with Crippen molar-refractivity contribution in [1.82, 2.24) is 0 Å². The van der Waals surface area contributed by atoms with Crippen LogP contribution in [-0.4, -0.2) is 96.7 Å². The zero-order chi connectivity index (χ0) is 68.7. The molecule has 0 aliphatic carbocycles. The van der Waals surface area contributed by atoms with Crippen LogP contribution in [0.1, 0.15) is 376 Å². The summed E-state index contributed by atoms with van der Waals surface area (Å²) in [6, 6.07) is 0. The van der Waals surface area contributed by atoms with Crippen LogP contribution in [0.3, 0.4) is 0 Å². The maximum atomic E-state index is 13.1. The van der Waals surface area contributed by atoms with Crippen LogP contribution in [0.25, 0.3) is 0 Å². The highest BCUT2D eigenvalue weighted by Gasteiger charge is 2.30. The summed E-state index contributed by atoms with van der Waals surface area (Å²) in [7, 11) is -9.90. The number of phosphoric ester groups is 2. The minimum absolute atomic E-state index is 0.104. The number of unbranched alkanes of at least 4 members (excludes halogenated alkanes) is 40. The predicted octanol–water partition coefficient (Wildman–Crippen LogP) is 21.4. The molecule has 2 unspecified atom stereocenters. The Labute approximate surface area is 568 Å². The summed E-state index contributed by atoms with van der Waals surface area (Å²) in [5.41, 5.74) is 0. The monoisotopic (exact) mass is 1370 g/mol. The van der Waals surface area contributed by atoms with Gasteiger partial charge in [0.15, 0.2) is 12.2 Å². The second-order valence-electron chi connectivity index (χ2n) is 28.1. The van der Waals surface area contributed by atoms with Gasteiger partial charge in [0, 0.05) is 25.7 Å². The van der Waals surface area contributed by atoms with E-state index >= 15 is 0 Å².